The van der Waals surface area contributed by atoms with Gasteiger partial charge in [-0.05, 0) is 12.1 Å². The third kappa shape index (κ3) is 3.91. The van der Waals surface area contributed by atoms with Crippen LogP contribution in [-0.2, 0) is 14.3 Å². The van der Waals surface area contributed by atoms with E-state index < -0.39 is 17.8 Å². The molecule has 0 aromatic heterocycles. The molecule has 0 aliphatic carbocycles. The summed E-state index contributed by atoms with van der Waals surface area (Å²) in [6, 6.07) is 4.93. The molecule has 21 heavy (non-hydrogen) atoms. The van der Waals surface area contributed by atoms with Crippen LogP contribution in [0.4, 0.5) is 4.39 Å². The molecule has 1 aliphatic rings. The molecule has 1 aromatic rings. The highest BCUT2D eigenvalue weighted by molar-refractivity contribution is 5.84. The van der Waals surface area contributed by atoms with Crippen molar-refractivity contribution >= 4 is 11.9 Å². The zero-order valence-corrected chi connectivity index (χ0v) is 11.3. The van der Waals surface area contributed by atoms with Crippen LogP contribution >= 0.6 is 0 Å². The van der Waals surface area contributed by atoms with Gasteiger partial charge in [0.2, 0.25) is 5.91 Å². The summed E-state index contributed by atoms with van der Waals surface area (Å²) >= 11 is 0. The van der Waals surface area contributed by atoms with E-state index in [-0.39, 0.29) is 37.8 Å². The lowest BCUT2D eigenvalue weighted by molar-refractivity contribution is -0.158. The van der Waals surface area contributed by atoms with Gasteiger partial charge in [0.15, 0.2) is 17.6 Å². The van der Waals surface area contributed by atoms with E-state index in [1.54, 1.807) is 12.1 Å². The fourth-order valence-corrected chi connectivity index (χ4v) is 2.06. The Morgan fingerprint density at radius 2 is 2.19 bits per heavy atom. The lowest BCUT2D eigenvalue weighted by Crippen LogP contribution is -2.52. The van der Waals surface area contributed by atoms with Crippen molar-refractivity contribution in [1.82, 2.24) is 4.90 Å². The summed E-state index contributed by atoms with van der Waals surface area (Å²) in [6.07, 6.45) is -0.0158. The minimum absolute atomic E-state index is 0.0105. The minimum atomic E-state index is -1.10. The van der Waals surface area contributed by atoms with Gasteiger partial charge in [-0.3, -0.25) is 4.79 Å². The molecule has 0 bridgehead atoms. The standard InChI is InChI=1S/C14H16FNO5/c15-10-3-1-2-4-12(10)21-7-5-13(17)16-6-8-20-9-11(16)14(18)19/h1-4,11H,5-9H2,(H,18,19)/t11-/m0/s1. The molecule has 0 saturated carbocycles. The maximum atomic E-state index is 13.3. The summed E-state index contributed by atoms with van der Waals surface area (Å²) < 4.78 is 23.6. The normalized spacial score (nSPS) is 18.3. The van der Waals surface area contributed by atoms with Crippen LogP contribution in [0, 0.1) is 5.82 Å². The SMILES string of the molecule is O=C(O)[C@@H]1COCCN1C(=O)CCOc1ccccc1F. The van der Waals surface area contributed by atoms with E-state index in [4.69, 9.17) is 14.6 Å². The first kappa shape index (κ1) is 15.2. The predicted octanol–water partition coefficient (Wildman–Crippen LogP) is 0.907. The van der Waals surface area contributed by atoms with Gasteiger partial charge >= 0.3 is 5.97 Å². The number of nitrogens with zero attached hydrogens (tertiary/aromatic N) is 1. The first-order chi connectivity index (χ1) is 10.1. The van der Waals surface area contributed by atoms with Crippen LogP contribution in [0.25, 0.3) is 0 Å². The monoisotopic (exact) mass is 297 g/mol. The summed E-state index contributed by atoms with van der Waals surface area (Å²) in [5.74, 6) is -1.87. The van der Waals surface area contributed by atoms with Gasteiger partial charge in [-0.15, -0.1) is 0 Å². The molecule has 1 aliphatic heterocycles. The number of hydrogen-bond donors (Lipinski definition) is 1. The van der Waals surface area contributed by atoms with Crippen LogP contribution in [0.1, 0.15) is 6.42 Å². The molecule has 1 amide bonds. The quantitative estimate of drug-likeness (QED) is 0.874. The maximum Gasteiger partial charge on any atom is 0.328 e. The number of rotatable bonds is 5. The summed E-state index contributed by atoms with van der Waals surface area (Å²) in [6.45, 7) is 0.512. The number of carbonyl (C=O) groups excluding carboxylic acids is 1. The summed E-state index contributed by atoms with van der Waals surface area (Å²) in [4.78, 5) is 24.3. The van der Waals surface area contributed by atoms with E-state index >= 15 is 0 Å². The van der Waals surface area contributed by atoms with Gasteiger partial charge in [0.25, 0.3) is 0 Å². The third-order valence-corrected chi connectivity index (χ3v) is 3.14. The second-order valence-electron chi connectivity index (χ2n) is 4.54. The molecule has 0 spiro atoms. The van der Waals surface area contributed by atoms with Gasteiger partial charge in [0.05, 0.1) is 26.2 Å². The van der Waals surface area contributed by atoms with Crippen molar-refractivity contribution in [2.45, 2.75) is 12.5 Å². The molecule has 1 fully saturated rings. The predicted molar refractivity (Wildman–Crippen MR) is 70.5 cm³/mol. The molecule has 1 atom stereocenters. The Hall–Kier alpha value is -2.15. The van der Waals surface area contributed by atoms with Crippen molar-refractivity contribution in [3.05, 3.63) is 30.1 Å². The van der Waals surface area contributed by atoms with E-state index in [9.17, 15) is 14.0 Å². The zero-order chi connectivity index (χ0) is 15.2. The van der Waals surface area contributed by atoms with Gasteiger partial charge in [-0.2, -0.15) is 0 Å². The summed E-state index contributed by atoms with van der Waals surface area (Å²) in [7, 11) is 0. The van der Waals surface area contributed by atoms with Crippen molar-refractivity contribution in [1.29, 1.82) is 0 Å². The highest BCUT2D eigenvalue weighted by Crippen LogP contribution is 2.16. The average molecular weight is 297 g/mol. The van der Waals surface area contributed by atoms with Crippen LogP contribution in [0.5, 0.6) is 5.75 Å². The van der Waals surface area contributed by atoms with E-state index in [0.717, 1.165) is 0 Å². The molecule has 1 heterocycles. The molecule has 6 nitrogen and oxygen atoms in total. The fraction of sp³-hybridized carbons (Fsp3) is 0.429. The zero-order valence-electron chi connectivity index (χ0n) is 11.3. The topological polar surface area (TPSA) is 76.1 Å². The number of morpholine rings is 1. The number of carboxylic acids is 1. The Bertz CT molecular complexity index is 522. The van der Waals surface area contributed by atoms with Crippen LogP contribution in [0.2, 0.25) is 0 Å². The number of carbonyl (C=O) groups is 2. The highest BCUT2D eigenvalue weighted by Gasteiger charge is 2.32. The van der Waals surface area contributed by atoms with Crippen molar-refractivity contribution < 1.29 is 28.6 Å². The Morgan fingerprint density at radius 1 is 1.43 bits per heavy atom. The molecule has 1 N–H and O–H groups in total. The summed E-state index contributed by atoms with van der Waals surface area (Å²) in [5.41, 5.74) is 0. The Labute approximate surface area is 121 Å². The largest absolute Gasteiger partial charge is 0.490 e. The van der Waals surface area contributed by atoms with Crippen molar-refractivity contribution in [2.75, 3.05) is 26.4 Å². The summed E-state index contributed by atoms with van der Waals surface area (Å²) in [5, 5.41) is 9.04. The third-order valence-electron chi connectivity index (χ3n) is 3.14. The van der Waals surface area contributed by atoms with Crippen LogP contribution in [-0.4, -0.2) is 54.3 Å². The first-order valence-corrected chi connectivity index (χ1v) is 6.57. The molecule has 1 aromatic carbocycles. The van der Waals surface area contributed by atoms with Crippen molar-refractivity contribution in [3.8, 4) is 5.75 Å². The number of para-hydroxylation sites is 1. The molecule has 2 rings (SSSR count). The lowest BCUT2D eigenvalue weighted by atomic mass is 10.2. The number of halogens is 1. The van der Waals surface area contributed by atoms with Crippen molar-refractivity contribution in [3.63, 3.8) is 0 Å². The molecular formula is C14H16FNO5. The van der Waals surface area contributed by atoms with E-state index in [1.165, 1.54) is 17.0 Å². The maximum absolute atomic E-state index is 13.3. The smallest absolute Gasteiger partial charge is 0.328 e. The van der Waals surface area contributed by atoms with Gasteiger partial charge in [0, 0.05) is 6.54 Å². The minimum Gasteiger partial charge on any atom is -0.490 e. The molecule has 1 saturated heterocycles. The Balaban J connectivity index is 1.86. The van der Waals surface area contributed by atoms with Gasteiger partial charge in [-0.25, -0.2) is 9.18 Å². The van der Waals surface area contributed by atoms with Gasteiger partial charge in [0.1, 0.15) is 0 Å². The Morgan fingerprint density at radius 3 is 2.90 bits per heavy atom. The number of aliphatic carboxylic acids is 1. The van der Waals surface area contributed by atoms with E-state index in [2.05, 4.69) is 0 Å². The Kier molecular flexibility index (Phi) is 5.10. The lowest BCUT2D eigenvalue weighted by Gasteiger charge is -2.32. The van der Waals surface area contributed by atoms with Crippen LogP contribution in [0.3, 0.4) is 0 Å². The van der Waals surface area contributed by atoms with Gasteiger partial charge < -0.3 is 19.5 Å². The molecule has 114 valence electrons. The second-order valence-corrected chi connectivity index (χ2v) is 4.54. The molecule has 0 radical (unpaired) electrons. The number of amides is 1. The van der Waals surface area contributed by atoms with E-state index in [1.807, 2.05) is 0 Å². The molecule has 7 heteroatoms. The highest BCUT2D eigenvalue weighted by atomic mass is 19.1. The van der Waals surface area contributed by atoms with Crippen LogP contribution in [0.15, 0.2) is 24.3 Å². The molecule has 0 unspecified atom stereocenters. The number of carboxylic acid groups (broad SMARTS) is 1. The van der Waals surface area contributed by atoms with Crippen molar-refractivity contribution in [2.24, 2.45) is 0 Å². The first-order valence-electron chi connectivity index (χ1n) is 6.57. The number of ether oxygens (including phenoxy) is 2. The number of hydrogen-bond acceptors (Lipinski definition) is 4. The average Bonchev–Trinajstić information content (AvgIpc) is 2.49. The fourth-order valence-electron chi connectivity index (χ4n) is 2.06. The van der Waals surface area contributed by atoms with E-state index in [0.29, 0.717) is 6.61 Å². The molecular weight excluding hydrogens is 281 g/mol. The second kappa shape index (κ2) is 7.03. The number of benzene rings is 1. The van der Waals surface area contributed by atoms with Crippen LogP contribution < -0.4 is 4.74 Å². The van der Waals surface area contributed by atoms with Gasteiger partial charge in [-0.1, -0.05) is 12.1 Å².